The Labute approximate surface area is 168 Å². The van der Waals surface area contributed by atoms with Crippen molar-refractivity contribution in [2.75, 3.05) is 14.1 Å². The summed E-state index contributed by atoms with van der Waals surface area (Å²) in [5, 5.41) is 1.98. The van der Waals surface area contributed by atoms with Gasteiger partial charge in [-0.05, 0) is 43.7 Å². The van der Waals surface area contributed by atoms with Crippen LogP contribution in [0, 0.1) is 13.8 Å². The smallest absolute Gasteiger partial charge is 0.279 e. The van der Waals surface area contributed by atoms with Crippen LogP contribution in [0.25, 0.3) is 0 Å². The van der Waals surface area contributed by atoms with Gasteiger partial charge < -0.3 is 9.47 Å². The van der Waals surface area contributed by atoms with Gasteiger partial charge in [-0.15, -0.1) is 11.3 Å². The number of carbonyl (C=O) groups excluding carboxylic acids is 2. The van der Waals surface area contributed by atoms with Gasteiger partial charge in [-0.1, -0.05) is 29.8 Å². The number of rotatable bonds is 4. The molecule has 2 amide bonds. The molecule has 0 spiro atoms. The van der Waals surface area contributed by atoms with E-state index in [-0.39, 0.29) is 11.8 Å². The topological polar surface area (TPSA) is 54.7 Å². The molecule has 3 rings (SSSR count). The summed E-state index contributed by atoms with van der Waals surface area (Å²) in [5.74, 6) is -0.288. The third-order valence-electron chi connectivity index (χ3n) is 4.37. The minimum atomic E-state index is -0.254. The maximum Gasteiger partial charge on any atom is 0.279 e. The fraction of sp³-hybridized carbons (Fsp3) is 0.227. The molecule has 0 bridgehead atoms. The lowest BCUT2D eigenvalue weighted by Gasteiger charge is -2.12. The Hall–Kier alpha value is -2.99. The monoisotopic (exact) mass is 393 g/mol. The molecule has 5 nitrogen and oxygen atoms in total. The molecule has 0 aliphatic rings. The van der Waals surface area contributed by atoms with E-state index in [9.17, 15) is 9.59 Å². The zero-order valence-corrected chi connectivity index (χ0v) is 17.3. The normalized spacial score (nSPS) is 11.5. The van der Waals surface area contributed by atoms with Crippen LogP contribution in [0.5, 0.6) is 0 Å². The standard InChI is InChI=1S/C22H23N3O2S/c1-15-7-5-9-18(11-15)20(26)23-22-25(16(2)14-28-22)13-17-8-6-10-19(12-17)21(27)24(3)4/h5-12,14H,13H2,1-4H3. The summed E-state index contributed by atoms with van der Waals surface area (Å²) in [5.41, 5.74) is 4.25. The van der Waals surface area contributed by atoms with Crippen LogP contribution in [0.4, 0.5) is 0 Å². The zero-order chi connectivity index (χ0) is 20.3. The van der Waals surface area contributed by atoms with Crippen LogP contribution in [-0.2, 0) is 6.54 Å². The van der Waals surface area contributed by atoms with E-state index in [2.05, 4.69) is 4.99 Å². The molecule has 1 heterocycles. The van der Waals surface area contributed by atoms with E-state index in [1.54, 1.807) is 25.1 Å². The van der Waals surface area contributed by atoms with Gasteiger partial charge in [0.2, 0.25) is 0 Å². The molecule has 0 aliphatic carbocycles. The van der Waals surface area contributed by atoms with Gasteiger partial charge in [0.25, 0.3) is 11.8 Å². The third kappa shape index (κ3) is 4.46. The van der Waals surface area contributed by atoms with Crippen molar-refractivity contribution in [2.24, 2.45) is 4.99 Å². The zero-order valence-electron chi connectivity index (χ0n) is 16.5. The number of carbonyl (C=O) groups is 2. The van der Waals surface area contributed by atoms with Gasteiger partial charge in [0.1, 0.15) is 0 Å². The van der Waals surface area contributed by atoms with Crippen LogP contribution in [0.3, 0.4) is 0 Å². The SMILES string of the molecule is Cc1cccc(C(=O)N=c2scc(C)n2Cc2cccc(C(=O)N(C)C)c2)c1. The lowest BCUT2D eigenvalue weighted by atomic mass is 10.1. The Morgan fingerprint density at radius 3 is 2.46 bits per heavy atom. The van der Waals surface area contributed by atoms with Crippen molar-refractivity contribution < 1.29 is 9.59 Å². The minimum absolute atomic E-state index is 0.0339. The third-order valence-corrected chi connectivity index (χ3v) is 5.36. The highest BCUT2D eigenvalue weighted by Gasteiger charge is 2.11. The van der Waals surface area contributed by atoms with Crippen molar-refractivity contribution in [1.29, 1.82) is 0 Å². The molecule has 0 atom stereocenters. The maximum absolute atomic E-state index is 12.6. The van der Waals surface area contributed by atoms with Crippen molar-refractivity contribution >= 4 is 23.2 Å². The quantitative estimate of drug-likeness (QED) is 0.679. The molecule has 0 fully saturated rings. The van der Waals surface area contributed by atoms with E-state index >= 15 is 0 Å². The molecule has 0 radical (unpaired) electrons. The van der Waals surface area contributed by atoms with E-state index in [0.29, 0.717) is 22.5 Å². The number of hydrogen-bond donors (Lipinski definition) is 0. The molecule has 0 N–H and O–H groups in total. The highest BCUT2D eigenvalue weighted by Crippen LogP contribution is 2.11. The van der Waals surface area contributed by atoms with Crippen molar-refractivity contribution in [1.82, 2.24) is 9.47 Å². The number of aryl methyl sites for hydroxylation is 2. The molecule has 0 unspecified atom stereocenters. The summed E-state index contributed by atoms with van der Waals surface area (Å²) in [6.45, 7) is 4.49. The molecule has 2 aromatic carbocycles. The molecule has 0 aliphatic heterocycles. The summed E-state index contributed by atoms with van der Waals surface area (Å²) in [7, 11) is 3.47. The highest BCUT2D eigenvalue weighted by molar-refractivity contribution is 7.07. The molecular weight excluding hydrogens is 370 g/mol. The summed E-state index contributed by atoms with van der Waals surface area (Å²) in [6, 6.07) is 15.0. The van der Waals surface area contributed by atoms with Gasteiger partial charge in [0.15, 0.2) is 4.80 Å². The van der Waals surface area contributed by atoms with Crippen LogP contribution in [0.15, 0.2) is 58.9 Å². The van der Waals surface area contributed by atoms with Crippen LogP contribution < -0.4 is 4.80 Å². The maximum atomic E-state index is 12.6. The Kier molecular flexibility index (Phi) is 5.90. The fourth-order valence-electron chi connectivity index (χ4n) is 2.87. The van der Waals surface area contributed by atoms with Gasteiger partial charge in [0, 0.05) is 36.3 Å². The van der Waals surface area contributed by atoms with Gasteiger partial charge >= 0.3 is 0 Å². The predicted molar refractivity (Wildman–Crippen MR) is 112 cm³/mol. The van der Waals surface area contributed by atoms with Crippen LogP contribution in [0.2, 0.25) is 0 Å². The average molecular weight is 394 g/mol. The lowest BCUT2D eigenvalue weighted by Crippen LogP contribution is -2.22. The van der Waals surface area contributed by atoms with Crippen molar-refractivity contribution in [3.8, 4) is 0 Å². The summed E-state index contributed by atoms with van der Waals surface area (Å²) in [4.78, 5) is 31.3. The Morgan fingerprint density at radius 2 is 1.75 bits per heavy atom. The second-order valence-electron chi connectivity index (χ2n) is 6.93. The van der Waals surface area contributed by atoms with E-state index < -0.39 is 0 Å². The van der Waals surface area contributed by atoms with Gasteiger partial charge in [0.05, 0.1) is 6.54 Å². The van der Waals surface area contributed by atoms with Gasteiger partial charge in [-0.25, -0.2) is 0 Å². The summed E-state index contributed by atoms with van der Waals surface area (Å²) < 4.78 is 2.00. The minimum Gasteiger partial charge on any atom is -0.345 e. The molecule has 0 saturated carbocycles. The fourth-order valence-corrected chi connectivity index (χ4v) is 3.74. The number of thiazole rings is 1. The molecule has 3 aromatic rings. The summed E-state index contributed by atoms with van der Waals surface area (Å²) in [6.07, 6.45) is 0. The number of aromatic nitrogens is 1. The van der Waals surface area contributed by atoms with Gasteiger partial charge in [-0.3, -0.25) is 9.59 Å². The van der Waals surface area contributed by atoms with Crippen LogP contribution >= 0.6 is 11.3 Å². The average Bonchev–Trinajstić information content (AvgIpc) is 3.01. The highest BCUT2D eigenvalue weighted by atomic mass is 32.1. The Bertz CT molecular complexity index is 1090. The Balaban J connectivity index is 1.93. The first kappa shape index (κ1) is 19.8. The molecule has 6 heteroatoms. The Morgan fingerprint density at radius 1 is 1.04 bits per heavy atom. The number of benzene rings is 2. The second-order valence-corrected chi connectivity index (χ2v) is 7.77. The largest absolute Gasteiger partial charge is 0.345 e. The van der Waals surface area contributed by atoms with E-state index in [0.717, 1.165) is 16.8 Å². The van der Waals surface area contributed by atoms with E-state index in [4.69, 9.17) is 0 Å². The van der Waals surface area contributed by atoms with Crippen LogP contribution in [-0.4, -0.2) is 35.4 Å². The number of nitrogens with zero attached hydrogens (tertiary/aromatic N) is 3. The molecule has 1 aromatic heterocycles. The number of hydrogen-bond acceptors (Lipinski definition) is 3. The van der Waals surface area contributed by atoms with Crippen molar-refractivity contribution in [3.05, 3.63) is 86.7 Å². The first-order valence-electron chi connectivity index (χ1n) is 8.96. The van der Waals surface area contributed by atoms with E-state index in [1.165, 1.54) is 11.3 Å². The summed E-state index contributed by atoms with van der Waals surface area (Å²) >= 11 is 1.44. The second kappa shape index (κ2) is 8.35. The number of amides is 2. The molecule has 144 valence electrons. The molecule has 28 heavy (non-hydrogen) atoms. The first-order chi connectivity index (χ1) is 13.3. The first-order valence-corrected chi connectivity index (χ1v) is 9.84. The van der Waals surface area contributed by atoms with Crippen LogP contribution in [0.1, 0.15) is 37.5 Å². The molecule has 0 saturated heterocycles. The lowest BCUT2D eigenvalue weighted by molar-refractivity contribution is 0.0827. The van der Waals surface area contributed by atoms with Gasteiger partial charge in [-0.2, -0.15) is 4.99 Å². The predicted octanol–water partition coefficient (Wildman–Crippen LogP) is 3.66. The van der Waals surface area contributed by atoms with E-state index in [1.807, 2.05) is 66.3 Å². The molecular formula is C22H23N3O2S. The van der Waals surface area contributed by atoms with Crippen molar-refractivity contribution in [2.45, 2.75) is 20.4 Å². The van der Waals surface area contributed by atoms with Crippen molar-refractivity contribution in [3.63, 3.8) is 0 Å².